The smallest absolute Gasteiger partial charge is 0.355 e. The van der Waals surface area contributed by atoms with Crippen LogP contribution in [0.5, 0.6) is 0 Å². The molecule has 0 aliphatic heterocycles. The van der Waals surface area contributed by atoms with Crippen molar-refractivity contribution < 1.29 is 22.7 Å². The van der Waals surface area contributed by atoms with Crippen molar-refractivity contribution in [3.8, 4) is 0 Å². The van der Waals surface area contributed by atoms with Crippen molar-refractivity contribution in [2.45, 2.75) is 46.1 Å². The maximum Gasteiger partial charge on any atom is 0.355 e. The number of nitrogens with one attached hydrogen (secondary N) is 2. The molecule has 0 aliphatic carbocycles. The standard InChI is InChI=1S/C25H29N5O5S/c1-7-13-30-17(5)22(16(4)23(30)25(32)35-8-2)24(31)28-19-9-11-20(12-10-19)36(33,34)29-21-14-15(3)26-18(6)27-21/h7,9-12,14H,1,8,13H2,2-6H3,(H,28,31)(H,26,27,29). The van der Waals surface area contributed by atoms with E-state index in [0.717, 1.165) is 0 Å². The summed E-state index contributed by atoms with van der Waals surface area (Å²) in [6.07, 6.45) is 1.63. The topological polar surface area (TPSA) is 132 Å². The van der Waals surface area contributed by atoms with Gasteiger partial charge in [0.15, 0.2) is 0 Å². The lowest BCUT2D eigenvalue weighted by molar-refractivity contribution is 0.0513. The van der Waals surface area contributed by atoms with Crippen molar-refractivity contribution in [1.29, 1.82) is 0 Å². The molecule has 36 heavy (non-hydrogen) atoms. The fourth-order valence-corrected chi connectivity index (χ4v) is 4.92. The zero-order valence-corrected chi connectivity index (χ0v) is 21.7. The lowest BCUT2D eigenvalue weighted by Gasteiger charge is -2.10. The quantitative estimate of drug-likeness (QED) is 0.329. The number of allylic oxidation sites excluding steroid dienone is 1. The van der Waals surface area contributed by atoms with Gasteiger partial charge in [-0.3, -0.25) is 9.52 Å². The van der Waals surface area contributed by atoms with Crippen LogP contribution in [0.15, 0.2) is 47.9 Å². The molecule has 10 nitrogen and oxygen atoms in total. The Morgan fingerprint density at radius 2 is 1.78 bits per heavy atom. The molecule has 0 spiro atoms. The van der Waals surface area contributed by atoms with Gasteiger partial charge in [0.1, 0.15) is 17.3 Å². The number of carbonyl (C=O) groups is 2. The van der Waals surface area contributed by atoms with Crippen LogP contribution < -0.4 is 10.0 Å². The average molecular weight is 512 g/mol. The molecule has 0 atom stereocenters. The van der Waals surface area contributed by atoms with Crippen LogP contribution in [0.2, 0.25) is 0 Å². The first-order chi connectivity index (χ1) is 17.0. The molecule has 0 saturated carbocycles. The second kappa shape index (κ2) is 10.7. The van der Waals surface area contributed by atoms with Gasteiger partial charge in [-0.2, -0.15) is 0 Å². The number of hydrogen-bond donors (Lipinski definition) is 2. The third-order valence-electron chi connectivity index (χ3n) is 5.40. The third kappa shape index (κ3) is 5.62. The van der Waals surface area contributed by atoms with Crippen molar-refractivity contribution in [3.63, 3.8) is 0 Å². The lowest BCUT2D eigenvalue weighted by atomic mass is 10.1. The van der Waals surface area contributed by atoms with Crippen LogP contribution in [-0.4, -0.2) is 41.4 Å². The number of sulfonamides is 1. The number of aromatic nitrogens is 3. The first kappa shape index (κ1) is 26.6. The van der Waals surface area contributed by atoms with Crippen LogP contribution in [0.1, 0.15) is 50.5 Å². The van der Waals surface area contributed by atoms with Crippen molar-refractivity contribution in [3.05, 3.63) is 77.0 Å². The molecule has 1 aromatic carbocycles. The molecular weight excluding hydrogens is 482 g/mol. The number of ether oxygens (including phenoxy) is 1. The number of benzene rings is 1. The highest BCUT2D eigenvalue weighted by Crippen LogP contribution is 2.25. The van der Waals surface area contributed by atoms with Gasteiger partial charge in [0.05, 0.1) is 17.1 Å². The van der Waals surface area contributed by atoms with Gasteiger partial charge in [0.25, 0.3) is 15.9 Å². The summed E-state index contributed by atoms with van der Waals surface area (Å²) >= 11 is 0. The summed E-state index contributed by atoms with van der Waals surface area (Å²) in [7, 11) is -3.90. The highest BCUT2D eigenvalue weighted by Gasteiger charge is 2.27. The second-order valence-corrected chi connectivity index (χ2v) is 9.76. The molecule has 0 aliphatic rings. The zero-order chi connectivity index (χ0) is 26.6. The summed E-state index contributed by atoms with van der Waals surface area (Å²) in [5.41, 5.74) is 2.74. The Morgan fingerprint density at radius 3 is 2.36 bits per heavy atom. The van der Waals surface area contributed by atoms with Crippen molar-refractivity contribution in [2.75, 3.05) is 16.6 Å². The Labute approximate surface area is 210 Å². The molecule has 3 rings (SSSR count). The van der Waals surface area contributed by atoms with Gasteiger partial charge >= 0.3 is 5.97 Å². The van der Waals surface area contributed by atoms with Gasteiger partial charge < -0.3 is 14.6 Å². The summed E-state index contributed by atoms with van der Waals surface area (Å²) in [6, 6.07) is 7.27. The molecule has 0 saturated heterocycles. The lowest BCUT2D eigenvalue weighted by Crippen LogP contribution is -2.16. The average Bonchev–Trinajstić information content (AvgIpc) is 3.03. The Balaban J connectivity index is 1.84. The molecular formula is C25H29N5O5S. The van der Waals surface area contributed by atoms with Crippen LogP contribution in [0.4, 0.5) is 11.5 Å². The van der Waals surface area contributed by atoms with Crippen LogP contribution in [-0.2, 0) is 21.3 Å². The number of amides is 1. The van der Waals surface area contributed by atoms with Gasteiger partial charge in [0, 0.05) is 29.7 Å². The van der Waals surface area contributed by atoms with Gasteiger partial charge in [-0.1, -0.05) is 6.08 Å². The number of esters is 1. The molecule has 0 unspecified atom stereocenters. The number of aryl methyl sites for hydroxylation is 2. The summed E-state index contributed by atoms with van der Waals surface area (Å²) in [5.74, 6) is -0.330. The van der Waals surface area contributed by atoms with E-state index in [9.17, 15) is 18.0 Å². The van der Waals surface area contributed by atoms with Crippen LogP contribution >= 0.6 is 0 Å². The fraction of sp³-hybridized carbons (Fsp3) is 0.280. The normalized spacial score (nSPS) is 11.1. The number of anilines is 2. The van der Waals surface area contributed by atoms with Gasteiger partial charge in [-0.25, -0.2) is 23.2 Å². The highest BCUT2D eigenvalue weighted by atomic mass is 32.2. The molecule has 0 bridgehead atoms. The highest BCUT2D eigenvalue weighted by molar-refractivity contribution is 7.92. The van der Waals surface area contributed by atoms with E-state index in [4.69, 9.17) is 4.74 Å². The van der Waals surface area contributed by atoms with E-state index in [0.29, 0.717) is 46.3 Å². The zero-order valence-electron chi connectivity index (χ0n) is 20.9. The molecule has 1 amide bonds. The molecule has 3 aromatic rings. The molecule has 2 N–H and O–H groups in total. The van der Waals surface area contributed by atoms with Gasteiger partial charge in [-0.15, -0.1) is 6.58 Å². The predicted octanol–water partition coefficient (Wildman–Crippen LogP) is 3.93. The molecule has 2 heterocycles. The first-order valence-electron chi connectivity index (χ1n) is 11.2. The molecule has 0 fully saturated rings. The summed E-state index contributed by atoms with van der Waals surface area (Å²) in [6.45, 7) is 12.8. The van der Waals surface area contributed by atoms with E-state index in [-0.39, 0.29) is 17.3 Å². The van der Waals surface area contributed by atoms with Gasteiger partial charge in [0.2, 0.25) is 0 Å². The van der Waals surface area contributed by atoms with E-state index in [1.165, 1.54) is 30.3 Å². The molecule has 190 valence electrons. The largest absolute Gasteiger partial charge is 0.461 e. The molecule has 0 radical (unpaired) electrons. The Kier molecular flexibility index (Phi) is 7.93. The van der Waals surface area contributed by atoms with E-state index >= 15 is 0 Å². The Hall–Kier alpha value is -3.99. The minimum atomic E-state index is -3.90. The van der Waals surface area contributed by atoms with Crippen LogP contribution in [0.25, 0.3) is 0 Å². The number of hydrogen-bond acceptors (Lipinski definition) is 7. The Morgan fingerprint density at radius 1 is 1.11 bits per heavy atom. The first-order valence-corrected chi connectivity index (χ1v) is 12.7. The molecule has 2 aromatic heterocycles. The van der Waals surface area contributed by atoms with Crippen LogP contribution in [0.3, 0.4) is 0 Å². The van der Waals surface area contributed by atoms with E-state index in [2.05, 4.69) is 26.6 Å². The summed E-state index contributed by atoms with van der Waals surface area (Å²) < 4.78 is 34.8. The van der Waals surface area contributed by atoms with Crippen molar-refractivity contribution >= 4 is 33.4 Å². The van der Waals surface area contributed by atoms with Crippen molar-refractivity contribution in [1.82, 2.24) is 14.5 Å². The van der Waals surface area contributed by atoms with Crippen molar-refractivity contribution in [2.24, 2.45) is 0 Å². The summed E-state index contributed by atoms with van der Waals surface area (Å²) in [4.78, 5) is 33.9. The third-order valence-corrected chi connectivity index (χ3v) is 6.77. The number of carbonyl (C=O) groups excluding carboxylic acids is 2. The minimum absolute atomic E-state index is 0.00325. The van der Waals surface area contributed by atoms with E-state index in [1.807, 2.05) is 0 Å². The minimum Gasteiger partial charge on any atom is -0.461 e. The Bertz CT molecular complexity index is 1410. The molecule has 11 heteroatoms. The maximum absolute atomic E-state index is 13.1. The number of nitrogens with zero attached hydrogens (tertiary/aromatic N) is 3. The summed E-state index contributed by atoms with van der Waals surface area (Å²) in [5, 5.41) is 2.77. The van der Waals surface area contributed by atoms with Crippen LogP contribution in [0, 0.1) is 27.7 Å². The van der Waals surface area contributed by atoms with E-state index < -0.39 is 21.9 Å². The fourth-order valence-electron chi connectivity index (χ4n) is 3.93. The predicted molar refractivity (Wildman–Crippen MR) is 137 cm³/mol. The second-order valence-electron chi connectivity index (χ2n) is 8.08. The van der Waals surface area contributed by atoms with Gasteiger partial charge in [-0.05, 0) is 64.4 Å². The SMILES string of the molecule is C=CCn1c(C)c(C(=O)Nc2ccc(S(=O)(=O)Nc3cc(C)nc(C)n3)cc2)c(C)c1C(=O)OCC. The maximum atomic E-state index is 13.1. The monoisotopic (exact) mass is 511 g/mol. The van der Waals surface area contributed by atoms with E-state index in [1.54, 1.807) is 45.3 Å². The number of rotatable bonds is 9.